The molecule has 0 amide bonds. The smallest absolute Gasteiger partial charge is 0.336 e. The first-order valence-corrected chi connectivity index (χ1v) is 13.8. The average Bonchev–Trinajstić information content (AvgIpc) is 3.22. The average molecular weight is 469 g/mol. The van der Waals surface area contributed by atoms with E-state index in [9.17, 15) is 4.79 Å². The molecule has 0 radical (unpaired) electrons. The lowest BCUT2D eigenvalue weighted by atomic mass is 10.1. The summed E-state index contributed by atoms with van der Waals surface area (Å²) in [6, 6.07) is 21.0. The summed E-state index contributed by atoms with van der Waals surface area (Å²) in [6.45, 7) is 13.2. The van der Waals surface area contributed by atoms with Gasteiger partial charge in [-0.2, -0.15) is 0 Å². The highest BCUT2D eigenvalue weighted by Crippen LogP contribution is 2.38. The monoisotopic (exact) mass is 468 g/mol. The summed E-state index contributed by atoms with van der Waals surface area (Å²) in [4.78, 5) is 13.6. The maximum Gasteiger partial charge on any atom is 0.336 e. The van der Waals surface area contributed by atoms with Crippen molar-refractivity contribution in [3.63, 3.8) is 0 Å². The fourth-order valence-corrected chi connectivity index (χ4v) is 9.41. The van der Waals surface area contributed by atoms with Crippen LogP contribution in [0.3, 0.4) is 0 Å². The number of likely N-dealkylation sites (N-methyl/N-ethyl adjacent to an activating group) is 1. The van der Waals surface area contributed by atoms with Gasteiger partial charge >= 0.3 is 5.97 Å². The van der Waals surface area contributed by atoms with Gasteiger partial charge in [0.25, 0.3) is 8.32 Å². The van der Waals surface area contributed by atoms with Crippen LogP contribution in [0.15, 0.2) is 60.7 Å². The van der Waals surface area contributed by atoms with Crippen LogP contribution < -0.4 is 21.0 Å². The predicted molar refractivity (Wildman–Crippen MR) is 138 cm³/mol. The topological polar surface area (TPSA) is 59.6 Å². The van der Waals surface area contributed by atoms with Gasteiger partial charge in [-0.1, -0.05) is 81.4 Å². The van der Waals surface area contributed by atoms with Crippen molar-refractivity contribution in [3.8, 4) is 0 Å². The second-order valence-electron chi connectivity index (χ2n) is 11.0. The molecule has 6 heteroatoms. The van der Waals surface area contributed by atoms with Gasteiger partial charge < -0.3 is 19.8 Å². The Balaban J connectivity index is 2.15. The van der Waals surface area contributed by atoms with Crippen LogP contribution in [0.1, 0.15) is 48.0 Å². The number of ether oxygens (including phenoxy) is 1. The minimum absolute atomic E-state index is 0.126. The quantitative estimate of drug-likeness (QED) is 0.483. The third kappa shape index (κ3) is 5.75. The van der Waals surface area contributed by atoms with Crippen LogP contribution in [-0.4, -0.2) is 51.7 Å². The van der Waals surface area contributed by atoms with Gasteiger partial charge in [-0.3, -0.25) is 0 Å². The molecule has 2 aromatic carbocycles. The van der Waals surface area contributed by atoms with Gasteiger partial charge in [0.15, 0.2) is 6.10 Å². The summed E-state index contributed by atoms with van der Waals surface area (Å²) in [5.41, 5.74) is -0.592. The van der Waals surface area contributed by atoms with E-state index in [0.717, 1.165) is 23.3 Å². The van der Waals surface area contributed by atoms with Crippen molar-refractivity contribution in [3.05, 3.63) is 60.7 Å². The van der Waals surface area contributed by atoms with Gasteiger partial charge in [-0.25, -0.2) is 4.79 Å². The lowest BCUT2D eigenvalue weighted by Gasteiger charge is -2.45. The minimum Gasteiger partial charge on any atom is -0.458 e. The van der Waals surface area contributed by atoms with E-state index >= 15 is 0 Å². The third-order valence-corrected chi connectivity index (χ3v) is 11.3. The molecule has 1 aliphatic heterocycles. The second kappa shape index (κ2) is 10.1. The molecule has 0 saturated carbocycles. The molecule has 2 aromatic rings. The maximum atomic E-state index is 13.6. The highest BCUT2D eigenvalue weighted by atomic mass is 28.4. The molecule has 33 heavy (non-hydrogen) atoms. The Morgan fingerprint density at radius 2 is 1.48 bits per heavy atom. The van der Waals surface area contributed by atoms with E-state index in [1.54, 1.807) is 0 Å². The minimum atomic E-state index is -2.91. The van der Waals surface area contributed by atoms with Crippen molar-refractivity contribution in [2.75, 3.05) is 13.6 Å². The molecule has 180 valence electrons. The van der Waals surface area contributed by atoms with E-state index in [1.165, 1.54) is 0 Å². The second-order valence-corrected chi connectivity index (χ2v) is 15.2. The predicted octanol–water partition coefficient (Wildman–Crippen LogP) is 3.22. The van der Waals surface area contributed by atoms with E-state index < -0.39 is 20.0 Å². The molecule has 1 heterocycles. The van der Waals surface area contributed by atoms with Crippen molar-refractivity contribution in [2.24, 2.45) is 0 Å². The highest BCUT2D eigenvalue weighted by Gasteiger charge is 2.54. The van der Waals surface area contributed by atoms with Crippen molar-refractivity contribution in [1.82, 2.24) is 10.6 Å². The van der Waals surface area contributed by atoms with E-state index in [4.69, 9.17) is 9.16 Å². The molecule has 1 unspecified atom stereocenters. The number of esters is 1. The fourth-order valence-electron chi connectivity index (χ4n) is 4.75. The standard InChI is InChI=1S/C27H40N2O3Si/c1-26(2,3)31-25(30)24(23-18-20(28-7)19-29-23)32-33(27(4,5)6,21-14-10-8-11-15-21)22-16-12-9-13-17-22/h8-17,20,23-24,28-29H,18-19H2,1-7H3/t20-,23+,24?/m1/s1. The Hall–Kier alpha value is -1.99. The normalized spacial score (nSPS) is 20.5. The zero-order valence-electron chi connectivity index (χ0n) is 21.1. The van der Waals surface area contributed by atoms with E-state index in [-0.39, 0.29) is 17.0 Å². The Kier molecular flexibility index (Phi) is 7.84. The number of carbonyl (C=O) groups is 1. The molecule has 3 atom stereocenters. The summed E-state index contributed by atoms with van der Waals surface area (Å²) in [5, 5.41) is 8.95. The summed E-state index contributed by atoms with van der Waals surface area (Å²) in [7, 11) is -0.953. The van der Waals surface area contributed by atoms with Gasteiger partial charge in [-0.15, -0.1) is 0 Å². The van der Waals surface area contributed by atoms with Gasteiger partial charge in [0, 0.05) is 18.6 Å². The van der Waals surface area contributed by atoms with Crippen LogP contribution in [0.4, 0.5) is 0 Å². The van der Waals surface area contributed by atoms with Crippen LogP contribution in [-0.2, 0) is 14.0 Å². The molecule has 1 aliphatic rings. The molecule has 0 aromatic heterocycles. The number of nitrogens with one attached hydrogen (secondary N) is 2. The van der Waals surface area contributed by atoms with E-state index in [0.29, 0.717) is 6.04 Å². The van der Waals surface area contributed by atoms with Crippen LogP contribution in [0, 0.1) is 0 Å². The molecule has 1 saturated heterocycles. The lowest BCUT2D eigenvalue weighted by Crippen LogP contribution is -2.69. The summed E-state index contributed by atoms with van der Waals surface area (Å²) in [5.74, 6) is -0.301. The molecule has 5 nitrogen and oxygen atoms in total. The van der Waals surface area contributed by atoms with Crippen molar-refractivity contribution >= 4 is 24.7 Å². The van der Waals surface area contributed by atoms with Crippen LogP contribution in [0.2, 0.25) is 5.04 Å². The lowest BCUT2D eigenvalue weighted by molar-refractivity contribution is -0.165. The van der Waals surface area contributed by atoms with Crippen molar-refractivity contribution in [1.29, 1.82) is 0 Å². The van der Waals surface area contributed by atoms with Gasteiger partial charge in [0.2, 0.25) is 0 Å². The first-order chi connectivity index (χ1) is 15.5. The van der Waals surface area contributed by atoms with E-state index in [1.807, 2.05) is 40.0 Å². The molecule has 0 bridgehead atoms. The van der Waals surface area contributed by atoms with Gasteiger partial charge in [0.1, 0.15) is 5.60 Å². The van der Waals surface area contributed by atoms with Crippen LogP contribution >= 0.6 is 0 Å². The molecular weight excluding hydrogens is 428 g/mol. The first kappa shape index (κ1) is 25.6. The van der Waals surface area contributed by atoms with Gasteiger partial charge in [-0.05, 0) is 49.7 Å². The molecule has 3 rings (SSSR count). The Bertz CT molecular complexity index is 867. The molecular formula is C27H40N2O3Si. The Labute approximate surface area is 200 Å². The summed E-state index contributed by atoms with van der Waals surface area (Å²) in [6.07, 6.45) is 0.0902. The highest BCUT2D eigenvalue weighted by molar-refractivity contribution is 6.99. The SMILES string of the molecule is CN[C@H]1CN[C@H](C(O[Si](c2ccccc2)(c2ccccc2)C(C)(C)C)C(=O)OC(C)(C)C)C1. The largest absolute Gasteiger partial charge is 0.458 e. The Morgan fingerprint density at radius 3 is 1.88 bits per heavy atom. The third-order valence-electron chi connectivity index (χ3n) is 6.30. The first-order valence-electron chi connectivity index (χ1n) is 11.9. The maximum absolute atomic E-state index is 13.6. The molecule has 2 N–H and O–H groups in total. The zero-order chi connectivity index (χ0) is 24.3. The fraction of sp³-hybridized carbons (Fsp3) is 0.519. The number of rotatable bonds is 7. The summed E-state index contributed by atoms with van der Waals surface area (Å²) >= 11 is 0. The van der Waals surface area contributed by atoms with Crippen molar-refractivity contribution < 1.29 is 14.0 Å². The number of carbonyl (C=O) groups excluding carboxylic acids is 1. The molecule has 0 aliphatic carbocycles. The van der Waals surface area contributed by atoms with Crippen LogP contribution in [0.5, 0.6) is 0 Å². The Morgan fingerprint density at radius 1 is 0.970 bits per heavy atom. The van der Waals surface area contributed by atoms with Crippen LogP contribution in [0.25, 0.3) is 0 Å². The molecule has 0 spiro atoms. The molecule has 1 fully saturated rings. The summed E-state index contributed by atoms with van der Waals surface area (Å²) < 4.78 is 13.1. The zero-order valence-corrected chi connectivity index (χ0v) is 22.1. The van der Waals surface area contributed by atoms with E-state index in [2.05, 4.69) is 79.9 Å². The van der Waals surface area contributed by atoms with Gasteiger partial charge in [0.05, 0.1) is 0 Å². The number of hydrogen-bond donors (Lipinski definition) is 2. The number of hydrogen-bond acceptors (Lipinski definition) is 5. The number of benzene rings is 2. The van der Waals surface area contributed by atoms with Crippen molar-refractivity contribution in [2.45, 2.75) is 76.8 Å².